The molecule has 0 bridgehead atoms. The zero-order valence-electron chi connectivity index (χ0n) is 6.62. The monoisotopic (exact) mass is 158 g/mol. The fourth-order valence-corrected chi connectivity index (χ4v) is 1.42. The molecular formula is C9H15Cl. The molecule has 0 unspecified atom stereocenters. The van der Waals surface area contributed by atoms with E-state index in [1.54, 1.807) is 11.1 Å². The van der Waals surface area contributed by atoms with Gasteiger partial charge in [-0.2, -0.15) is 0 Å². The summed E-state index contributed by atoms with van der Waals surface area (Å²) in [5.74, 6) is 0.810. The van der Waals surface area contributed by atoms with Gasteiger partial charge in [-0.3, -0.25) is 0 Å². The summed E-state index contributed by atoms with van der Waals surface area (Å²) < 4.78 is 0. The number of rotatable bonds is 3. The van der Waals surface area contributed by atoms with Gasteiger partial charge in [-0.1, -0.05) is 11.1 Å². The normalized spacial score (nSPS) is 16.8. The number of alkyl halides is 1. The second kappa shape index (κ2) is 4.02. The minimum Gasteiger partial charge on any atom is -0.127 e. The molecule has 0 amide bonds. The molecule has 0 atom stereocenters. The van der Waals surface area contributed by atoms with Gasteiger partial charge in [-0.25, -0.2) is 0 Å². The standard InChI is InChI=1S/C9H15Cl/c1-8(4-3-7-10)9-5-2-6-9/h2-7H2,1H3. The van der Waals surface area contributed by atoms with Crippen molar-refractivity contribution in [1.29, 1.82) is 0 Å². The molecule has 0 aliphatic heterocycles. The minimum atomic E-state index is 0.810. The van der Waals surface area contributed by atoms with Gasteiger partial charge in [0.25, 0.3) is 0 Å². The molecule has 0 aromatic carbocycles. The molecule has 1 heteroatoms. The van der Waals surface area contributed by atoms with Crippen LogP contribution in [0.2, 0.25) is 0 Å². The van der Waals surface area contributed by atoms with E-state index >= 15 is 0 Å². The molecule has 0 saturated heterocycles. The SMILES string of the molecule is CC(CCCCl)=C1CCC1. The fourth-order valence-electron chi connectivity index (χ4n) is 1.29. The van der Waals surface area contributed by atoms with E-state index in [4.69, 9.17) is 11.6 Å². The maximum absolute atomic E-state index is 5.59. The lowest BCUT2D eigenvalue weighted by atomic mass is 9.87. The van der Waals surface area contributed by atoms with E-state index in [-0.39, 0.29) is 0 Å². The Balaban J connectivity index is 2.25. The Morgan fingerprint density at radius 1 is 1.50 bits per heavy atom. The molecule has 0 nitrogen and oxygen atoms in total. The van der Waals surface area contributed by atoms with Crippen molar-refractivity contribution < 1.29 is 0 Å². The second-order valence-electron chi connectivity index (χ2n) is 3.03. The molecule has 0 spiro atoms. The number of allylic oxidation sites excluding steroid dienone is 2. The van der Waals surface area contributed by atoms with Crippen LogP contribution in [0.25, 0.3) is 0 Å². The molecule has 1 aliphatic rings. The Bertz CT molecular complexity index is 130. The summed E-state index contributed by atoms with van der Waals surface area (Å²) in [5.41, 5.74) is 3.30. The Labute approximate surface area is 68.3 Å². The number of hydrogen-bond acceptors (Lipinski definition) is 0. The van der Waals surface area contributed by atoms with Gasteiger partial charge in [0, 0.05) is 5.88 Å². The van der Waals surface area contributed by atoms with Gasteiger partial charge < -0.3 is 0 Å². The smallest absolute Gasteiger partial charge is 0.0226 e. The molecule has 0 aromatic heterocycles. The van der Waals surface area contributed by atoms with Gasteiger partial charge >= 0.3 is 0 Å². The Morgan fingerprint density at radius 2 is 2.20 bits per heavy atom. The van der Waals surface area contributed by atoms with Crippen molar-refractivity contribution in [3.63, 3.8) is 0 Å². The van der Waals surface area contributed by atoms with Crippen LogP contribution < -0.4 is 0 Å². The summed E-state index contributed by atoms with van der Waals surface area (Å²) in [6, 6.07) is 0. The summed E-state index contributed by atoms with van der Waals surface area (Å²) >= 11 is 5.59. The maximum Gasteiger partial charge on any atom is 0.0226 e. The van der Waals surface area contributed by atoms with Gasteiger partial charge in [-0.05, 0) is 39.0 Å². The molecule has 0 N–H and O–H groups in total. The lowest BCUT2D eigenvalue weighted by Gasteiger charge is -2.19. The Morgan fingerprint density at radius 3 is 2.60 bits per heavy atom. The predicted octanol–water partition coefficient (Wildman–Crippen LogP) is 3.51. The molecule has 10 heavy (non-hydrogen) atoms. The minimum absolute atomic E-state index is 0.810. The van der Waals surface area contributed by atoms with Crippen molar-refractivity contribution in [2.45, 2.75) is 39.0 Å². The van der Waals surface area contributed by atoms with Crippen LogP contribution in [-0.2, 0) is 0 Å². The highest BCUT2D eigenvalue weighted by atomic mass is 35.5. The van der Waals surface area contributed by atoms with Gasteiger partial charge in [0.1, 0.15) is 0 Å². The third kappa shape index (κ3) is 2.02. The molecule has 58 valence electrons. The molecule has 0 heterocycles. The molecular weight excluding hydrogens is 144 g/mol. The molecule has 1 saturated carbocycles. The van der Waals surface area contributed by atoms with Crippen LogP contribution >= 0.6 is 11.6 Å². The molecule has 1 aliphatic carbocycles. The highest BCUT2D eigenvalue weighted by Gasteiger charge is 2.10. The summed E-state index contributed by atoms with van der Waals surface area (Å²) in [6.07, 6.45) is 6.49. The van der Waals surface area contributed by atoms with Crippen LogP contribution in [0.5, 0.6) is 0 Å². The summed E-state index contributed by atoms with van der Waals surface area (Å²) in [6.45, 7) is 2.25. The zero-order chi connectivity index (χ0) is 7.40. The van der Waals surface area contributed by atoms with E-state index in [2.05, 4.69) is 6.92 Å². The topological polar surface area (TPSA) is 0 Å². The Kier molecular flexibility index (Phi) is 3.27. The second-order valence-corrected chi connectivity index (χ2v) is 3.41. The van der Waals surface area contributed by atoms with Crippen molar-refractivity contribution in [2.75, 3.05) is 5.88 Å². The Hall–Kier alpha value is 0.0300. The van der Waals surface area contributed by atoms with Crippen LogP contribution in [0.1, 0.15) is 39.0 Å². The van der Waals surface area contributed by atoms with E-state index in [1.807, 2.05) is 0 Å². The highest BCUT2D eigenvalue weighted by Crippen LogP contribution is 2.30. The van der Waals surface area contributed by atoms with Crippen molar-refractivity contribution in [3.05, 3.63) is 11.1 Å². The van der Waals surface area contributed by atoms with Gasteiger partial charge in [0.2, 0.25) is 0 Å². The van der Waals surface area contributed by atoms with Crippen LogP contribution in [0.3, 0.4) is 0 Å². The number of halogens is 1. The molecule has 1 fully saturated rings. The first kappa shape index (κ1) is 8.13. The predicted molar refractivity (Wildman–Crippen MR) is 46.5 cm³/mol. The molecule has 1 rings (SSSR count). The average molecular weight is 159 g/mol. The van der Waals surface area contributed by atoms with Crippen molar-refractivity contribution in [2.24, 2.45) is 0 Å². The first-order valence-corrected chi connectivity index (χ1v) is 4.61. The number of hydrogen-bond donors (Lipinski definition) is 0. The summed E-state index contributed by atoms with van der Waals surface area (Å²) in [7, 11) is 0. The molecule has 0 radical (unpaired) electrons. The van der Waals surface area contributed by atoms with Crippen LogP contribution in [-0.4, -0.2) is 5.88 Å². The first-order chi connectivity index (χ1) is 4.84. The van der Waals surface area contributed by atoms with Gasteiger partial charge in [0.05, 0.1) is 0 Å². The van der Waals surface area contributed by atoms with E-state index in [1.165, 1.54) is 25.7 Å². The highest BCUT2D eigenvalue weighted by molar-refractivity contribution is 6.17. The maximum atomic E-state index is 5.59. The first-order valence-electron chi connectivity index (χ1n) is 4.08. The third-order valence-electron chi connectivity index (χ3n) is 2.25. The van der Waals surface area contributed by atoms with E-state index in [0.29, 0.717) is 0 Å². The van der Waals surface area contributed by atoms with Crippen molar-refractivity contribution in [3.8, 4) is 0 Å². The van der Waals surface area contributed by atoms with Gasteiger partial charge in [-0.15, -0.1) is 11.6 Å². The largest absolute Gasteiger partial charge is 0.127 e. The van der Waals surface area contributed by atoms with E-state index in [9.17, 15) is 0 Å². The quantitative estimate of drug-likeness (QED) is 0.436. The van der Waals surface area contributed by atoms with E-state index in [0.717, 1.165) is 12.3 Å². The summed E-state index contributed by atoms with van der Waals surface area (Å²) in [4.78, 5) is 0. The van der Waals surface area contributed by atoms with Crippen molar-refractivity contribution >= 4 is 11.6 Å². The van der Waals surface area contributed by atoms with Crippen molar-refractivity contribution in [1.82, 2.24) is 0 Å². The van der Waals surface area contributed by atoms with Crippen LogP contribution in [0, 0.1) is 0 Å². The van der Waals surface area contributed by atoms with Crippen LogP contribution in [0.4, 0.5) is 0 Å². The van der Waals surface area contributed by atoms with Gasteiger partial charge in [0.15, 0.2) is 0 Å². The third-order valence-corrected chi connectivity index (χ3v) is 2.51. The van der Waals surface area contributed by atoms with Crippen LogP contribution in [0.15, 0.2) is 11.1 Å². The van der Waals surface area contributed by atoms with E-state index < -0.39 is 0 Å². The molecule has 0 aromatic rings. The average Bonchev–Trinajstić information content (AvgIpc) is 1.79. The lowest BCUT2D eigenvalue weighted by molar-refractivity contribution is 0.640. The zero-order valence-corrected chi connectivity index (χ0v) is 7.38. The summed E-state index contributed by atoms with van der Waals surface area (Å²) in [5, 5.41) is 0. The fraction of sp³-hybridized carbons (Fsp3) is 0.778. The lowest BCUT2D eigenvalue weighted by Crippen LogP contribution is -2.00.